The average molecular weight is 260 g/mol. The van der Waals surface area contributed by atoms with Crippen molar-refractivity contribution in [3.63, 3.8) is 0 Å². The molecular weight excluding hydrogens is 247 g/mol. The van der Waals surface area contributed by atoms with Gasteiger partial charge in [-0.05, 0) is 24.3 Å². The van der Waals surface area contributed by atoms with Gasteiger partial charge >= 0.3 is 0 Å². The van der Waals surface area contributed by atoms with Crippen molar-refractivity contribution in [2.75, 3.05) is 13.2 Å². The molecule has 0 amide bonds. The maximum atomic E-state index is 13.7. The Balaban J connectivity index is 1.85. The van der Waals surface area contributed by atoms with Crippen molar-refractivity contribution in [1.29, 1.82) is 0 Å². The van der Waals surface area contributed by atoms with E-state index >= 15 is 0 Å². The predicted molar refractivity (Wildman–Crippen MR) is 67.6 cm³/mol. The number of benzene rings is 2. The molecule has 3 nitrogen and oxygen atoms in total. The van der Waals surface area contributed by atoms with E-state index in [0.717, 1.165) is 5.56 Å². The van der Waals surface area contributed by atoms with Crippen molar-refractivity contribution < 1.29 is 18.6 Å². The minimum Gasteiger partial charge on any atom is -0.454 e. The number of hydrogen-bond acceptors (Lipinski definition) is 3. The van der Waals surface area contributed by atoms with Gasteiger partial charge in [0.05, 0.1) is 13.2 Å². The van der Waals surface area contributed by atoms with Crippen molar-refractivity contribution in [3.05, 3.63) is 59.9 Å². The first-order chi connectivity index (χ1) is 9.33. The SMILES string of the molecule is Fc1ccc(C2OCCO2)cc1Oc1ccccc1. The Morgan fingerprint density at radius 1 is 1.00 bits per heavy atom. The van der Waals surface area contributed by atoms with Gasteiger partial charge in [-0.15, -0.1) is 0 Å². The normalized spacial score (nSPS) is 15.6. The molecule has 0 saturated carbocycles. The predicted octanol–water partition coefficient (Wildman–Crippen LogP) is 3.66. The lowest BCUT2D eigenvalue weighted by Crippen LogP contribution is -1.99. The van der Waals surface area contributed by atoms with E-state index in [1.54, 1.807) is 24.3 Å². The highest BCUT2D eigenvalue weighted by atomic mass is 19.1. The van der Waals surface area contributed by atoms with E-state index in [0.29, 0.717) is 19.0 Å². The minimum atomic E-state index is -0.432. The molecule has 1 aliphatic heterocycles. The van der Waals surface area contributed by atoms with E-state index in [1.165, 1.54) is 6.07 Å². The molecule has 1 saturated heterocycles. The van der Waals surface area contributed by atoms with Gasteiger partial charge in [0.1, 0.15) is 5.75 Å². The fraction of sp³-hybridized carbons (Fsp3) is 0.200. The minimum absolute atomic E-state index is 0.169. The summed E-state index contributed by atoms with van der Waals surface area (Å²) in [6, 6.07) is 13.7. The van der Waals surface area contributed by atoms with Crippen LogP contribution in [0.25, 0.3) is 0 Å². The van der Waals surface area contributed by atoms with Gasteiger partial charge < -0.3 is 14.2 Å². The van der Waals surface area contributed by atoms with Crippen LogP contribution in [0.4, 0.5) is 4.39 Å². The first-order valence-corrected chi connectivity index (χ1v) is 6.08. The second-order valence-corrected chi connectivity index (χ2v) is 4.18. The van der Waals surface area contributed by atoms with E-state index in [9.17, 15) is 4.39 Å². The van der Waals surface area contributed by atoms with Crippen LogP contribution in [0.2, 0.25) is 0 Å². The van der Waals surface area contributed by atoms with Crippen molar-refractivity contribution in [2.45, 2.75) is 6.29 Å². The zero-order chi connectivity index (χ0) is 13.1. The third kappa shape index (κ3) is 2.75. The molecule has 1 heterocycles. The van der Waals surface area contributed by atoms with Gasteiger partial charge in [0, 0.05) is 5.56 Å². The van der Waals surface area contributed by atoms with Gasteiger partial charge in [-0.25, -0.2) is 4.39 Å². The Labute approximate surface area is 110 Å². The van der Waals surface area contributed by atoms with Crippen LogP contribution in [-0.4, -0.2) is 13.2 Å². The summed E-state index contributed by atoms with van der Waals surface area (Å²) in [5.41, 5.74) is 0.754. The molecule has 1 fully saturated rings. The van der Waals surface area contributed by atoms with Crippen molar-refractivity contribution >= 4 is 0 Å². The molecule has 2 aromatic rings. The van der Waals surface area contributed by atoms with Crippen LogP contribution in [0.1, 0.15) is 11.9 Å². The maximum Gasteiger partial charge on any atom is 0.184 e. The first-order valence-electron chi connectivity index (χ1n) is 6.08. The van der Waals surface area contributed by atoms with Crippen LogP contribution in [0.5, 0.6) is 11.5 Å². The van der Waals surface area contributed by atoms with Gasteiger partial charge in [0.25, 0.3) is 0 Å². The molecule has 1 aliphatic rings. The molecule has 0 atom stereocenters. The summed E-state index contributed by atoms with van der Waals surface area (Å²) in [6.45, 7) is 1.10. The fourth-order valence-electron chi connectivity index (χ4n) is 1.91. The summed E-state index contributed by atoms with van der Waals surface area (Å²) in [5.74, 6) is 0.347. The van der Waals surface area contributed by atoms with Crippen LogP contribution in [0.15, 0.2) is 48.5 Å². The van der Waals surface area contributed by atoms with Gasteiger partial charge in [0.15, 0.2) is 17.9 Å². The molecule has 98 valence electrons. The lowest BCUT2D eigenvalue weighted by Gasteiger charge is -2.12. The van der Waals surface area contributed by atoms with Gasteiger partial charge in [-0.1, -0.05) is 24.3 Å². The number of halogens is 1. The number of rotatable bonds is 3. The third-order valence-corrected chi connectivity index (χ3v) is 2.82. The molecular formula is C15H13FO3. The zero-order valence-electron chi connectivity index (χ0n) is 10.2. The molecule has 0 unspecified atom stereocenters. The topological polar surface area (TPSA) is 27.7 Å². The highest BCUT2D eigenvalue weighted by Crippen LogP contribution is 2.30. The lowest BCUT2D eigenvalue weighted by molar-refractivity contribution is -0.0442. The van der Waals surface area contributed by atoms with E-state index in [4.69, 9.17) is 14.2 Å². The summed E-state index contributed by atoms with van der Waals surface area (Å²) in [7, 11) is 0. The Morgan fingerprint density at radius 2 is 1.74 bits per heavy atom. The number of hydrogen-bond donors (Lipinski definition) is 0. The molecule has 2 aromatic carbocycles. The smallest absolute Gasteiger partial charge is 0.184 e. The van der Waals surface area contributed by atoms with E-state index < -0.39 is 12.1 Å². The third-order valence-electron chi connectivity index (χ3n) is 2.82. The largest absolute Gasteiger partial charge is 0.454 e. The molecule has 0 aromatic heterocycles. The monoisotopic (exact) mass is 260 g/mol. The van der Waals surface area contributed by atoms with Gasteiger partial charge in [0.2, 0.25) is 0 Å². The van der Waals surface area contributed by atoms with Crippen LogP contribution in [0.3, 0.4) is 0 Å². The highest BCUT2D eigenvalue weighted by molar-refractivity contribution is 5.35. The van der Waals surface area contributed by atoms with E-state index in [2.05, 4.69) is 0 Å². The van der Waals surface area contributed by atoms with Crippen molar-refractivity contribution in [1.82, 2.24) is 0 Å². The number of ether oxygens (including phenoxy) is 3. The van der Waals surface area contributed by atoms with Crippen molar-refractivity contribution in [3.8, 4) is 11.5 Å². The van der Waals surface area contributed by atoms with Gasteiger partial charge in [-0.2, -0.15) is 0 Å². The quantitative estimate of drug-likeness (QED) is 0.842. The molecule has 19 heavy (non-hydrogen) atoms. The Kier molecular flexibility index (Phi) is 3.44. The summed E-state index contributed by atoms with van der Waals surface area (Å²) >= 11 is 0. The van der Waals surface area contributed by atoms with Crippen LogP contribution >= 0.6 is 0 Å². The summed E-state index contributed by atoms with van der Waals surface area (Å²) in [5, 5.41) is 0. The first kappa shape index (κ1) is 12.1. The highest BCUT2D eigenvalue weighted by Gasteiger charge is 2.20. The molecule has 0 radical (unpaired) electrons. The summed E-state index contributed by atoms with van der Waals surface area (Å²) in [4.78, 5) is 0. The molecule has 4 heteroatoms. The Hall–Kier alpha value is -1.91. The van der Waals surface area contributed by atoms with E-state index in [-0.39, 0.29) is 5.75 Å². The molecule has 0 N–H and O–H groups in total. The lowest BCUT2D eigenvalue weighted by atomic mass is 10.2. The Bertz CT molecular complexity index is 551. The van der Waals surface area contributed by atoms with Crippen LogP contribution in [-0.2, 0) is 9.47 Å². The summed E-state index contributed by atoms with van der Waals surface area (Å²) < 4.78 is 30.0. The molecule has 0 spiro atoms. The van der Waals surface area contributed by atoms with E-state index in [1.807, 2.05) is 18.2 Å². The van der Waals surface area contributed by atoms with Gasteiger partial charge in [-0.3, -0.25) is 0 Å². The average Bonchev–Trinajstić information content (AvgIpc) is 2.96. The van der Waals surface area contributed by atoms with Crippen molar-refractivity contribution in [2.24, 2.45) is 0 Å². The van der Waals surface area contributed by atoms with Crippen LogP contribution in [0, 0.1) is 5.82 Å². The Morgan fingerprint density at radius 3 is 2.47 bits per heavy atom. The zero-order valence-corrected chi connectivity index (χ0v) is 10.2. The second kappa shape index (κ2) is 5.38. The maximum absolute atomic E-state index is 13.7. The summed E-state index contributed by atoms with van der Waals surface area (Å²) in [6.07, 6.45) is -0.432. The van der Waals surface area contributed by atoms with Crippen LogP contribution < -0.4 is 4.74 Å². The fourth-order valence-corrected chi connectivity index (χ4v) is 1.91. The molecule has 0 aliphatic carbocycles. The second-order valence-electron chi connectivity index (χ2n) is 4.18. The number of para-hydroxylation sites is 1. The molecule has 0 bridgehead atoms. The standard InChI is InChI=1S/C15H13FO3/c16-13-7-6-11(15-17-8-9-18-15)10-14(13)19-12-4-2-1-3-5-12/h1-7,10,15H,8-9H2. The molecule has 3 rings (SSSR count).